The minimum Gasteiger partial charge on any atom is -0.378 e. The first kappa shape index (κ1) is 38.4. The van der Waals surface area contributed by atoms with E-state index >= 15 is 0 Å². The fourth-order valence-corrected chi connectivity index (χ4v) is 8.80. The highest BCUT2D eigenvalue weighted by Gasteiger charge is 2.38. The summed E-state index contributed by atoms with van der Waals surface area (Å²) < 4.78 is 6.93. The summed E-state index contributed by atoms with van der Waals surface area (Å²) in [6.45, 7) is 9.25. The fourth-order valence-electron chi connectivity index (χ4n) is 8.80. The molecule has 44 heavy (non-hydrogen) atoms. The van der Waals surface area contributed by atoms with Crippen LogP contribution >= 0.6 is 0 Å². The van der Waals surface area contributed by atoms with Gasteiger partial charge in [0.2, 0.25) is 0 Å². The average Bonchev–Trinajstić information content (AvgIpc) is 3.93. The monoisotopic (exact) mass is 616 g/mol. The Morgan fingerprint density at radius 1 is 0.477 bits per heavy atom. The molecule has 3 saturated carbocycles. The Kier molecular flexibility index (Phi) is 20.3. The molecule has 2 nitrogen and oxygen atoms in total. The second kappa shape index (κ2) is 23.3. The van der Waals surface area contributed by atoms with Gasteiger partial charge in [0.05, 0.1) is 6.10 Å². The third kappa shape index (κ3) is 17.2. The summed E-state index contributed by atoms with van der Waals surface area (Å²) in [4.78, 5) is 2.33. The molecule has 0 aromatic heterocycles. The van der Waals surface area contributed by atoms with E-state index in [-0.39, 0.29) is 0 Å². The van der Waals surface area contributed by atoms with Crippen molar-refractivity contribution in [3.05, 3.63) is 0 Å². The molecule has 7 unspecified atom stereocenters. The Hall–Kier alpha value is -0.0800. The Bertz CT molecular complexity index is 647. The molecule has 0 aromatic rings. The third-order valence-electron chi connectivity index (χ3n) is 12.2. The largest absolute Gasteiger partial charge is 0.378 e. The van der Waals surface area contributed by atoms with Gasteiger partial charge in [-0.1, -0.05) is 136 Å². The van der Waals surface area contributed by atoms with Gasteiger partial charge in [-0.05, 0) is 120 Å². The predicted octanol–water partition coefficient (Wildman–Crippen LogP) is 12.9. The zero-order valence-electron chi connectivity index (χ0n) is 31.0. The molecule has 0 N–H and O–H groups in total. The van der Waals surface area contributed by atoms with Crippen molar-refractivity contribution in [2.24, 2.45) is 41.4 Å². The van der Waals surface area contributed by atoms with Crippen molar-refractivity contribution < 1.29 is 4.74 Å². The van der Waals surface area contributed by atoms with Crippen molar-refractivity contribution in [3.8, 4) is 0 Å². The summed E-state index contributed by atoms with van der Waals surface area (Å²) in [6, 6.07) is 0. The number of hydrogen-bond acceptors (Lipinski definition) is 2. The van der Waals surface area contributed by atoms with Gasteiger partial charge in [-0.25, -0.2) is 0 Å². The van der Waals surface area contributed by atoms with Crippen LogP contribution in [0.3, 0.4) is 0 Å². The topological polar surface area (TPSA) is 12.5 Å². The first-order valence-electron chi connectivity index (χ1n) is 20.8. The summed E-state index contributed by atoms with van der Waals surface area (Å²) in [5.74, 6) is 7.23. The highest BCUT2D eigenvalue weighted by Crippen LogP contribution is 2.48. The molecular weight excluding hydrogens is 534 g/mol. The lowest BCUT2D eigenvalue weighted by Crippen LogP contribution is -2.25. The summed E-state index contributed by atoms with van der Waals surface area (Å²) >= 11 is 0. The lowest BCUT2D eigenvalue weighted by Gasteiger charge is -2.28. The Morgan fingerprint density at radius 3 is 1.30 bits per heavy atom. The van der Waals surface area contributed by atoms with Crippen LogP contribution < -0.4 is 0 Å². The van der Waals surface area contributed by atoms with Gasteiger partial charge >= 0.3 is 0 Å². The maximum atomic E-state index is 6.93. The lowest BCUT2D eigenvalue weighted by atomic mass is 9.86. The maximum absolute atomic E-state index is 6.93. The van der Waals surface area contributed by atoms with Gasteiger partial charge in [0.25, 0.3) is 0 Å². The van der Waals surface area contributed by atoms with E-state index in [1.165, 1.54) is 167 Å². The SMILES string of the molecule is CCCCCC1CC1CCCC(CCCC1CC1CCCCC)C(CCCC1CC1CCCCC)OCCCCCN(C)C. The molecule has 0 saturated heterocycles. The van der Waals surface area contributed by atoms with Crippen LogP contribution in [0.15, 0.2) is 0 Å². The third-order valence-corrected chi connectivity index (χ3v) is 12.2. The van der Waals surface area contributed by atoms with Gasteiger partial charge < -0.3 is 9.64 Å². The minimum atomic E-state index is 0.528. The first-order valence-corrected chi connectivity index (χ1v) is 20.8. The van der Waals surface area contributed by atoms with Crippen molar-refractivity contribution in [2.45, 2.75) is 200 Å². The van der Waals surface area contributed by atoms with Crippen LogP contribution in [0.1, 0.15) is 194 Å². The molecule has 3 rings (SSSR count). The van der Waals surface area contributed by atoms with E-state index in [2.05, 4.69) is 39.8 Å². The van der Waals surface area contributed by atoms with Crippen molar-refractivity contribution in [2.75, 3.05) is 27.2 Å². The molecule has 0 heterocycles. The minimum absolute atomic E-state index is 0.528. The summed E-state index contributed by atoms with van der Waals surface area (Å²) in [6.07, 6.45) is 39.5. The van der Waals surface area contributed by atoms with Crippen molar-refractivity contribution in [1.82, 2.24) is 4.90 Å². The van der Waals surface area contributed by atoms with Gasteiger partial charge in [0.15, 0.2) is 0 Å². The zero-order valence-corrected chi connectivity index (χ0v) is 31.0. The van der Waals surface area contributed by atoms with E-state index in [1.54, 1.807) is 12.8 Å². The highest BCUT2D eigenvalue weighted by molar-refractivity contribution is 4.89. The van der Waals surface area contributed by atoms with Crippen LogP contribution in [-0.4, -0.2) is 38.3 Å². The molecule has 7 atom stereocenters. The summed E-state index contributed by atoms with van der Waals surface area (Å²) in [5.41, 5.74) is 0. The van der Waals surface area contributed by atoms with Crippen molar-refractivity contribution in [1.29, 1.82) is 0 Å². The Balaban J connectivity index is 1.46. The van der Waals surface area contributed by atoms with Crippen LogP contribution in [0.4, 0.5) is 0 Å². The van der Waals surface area contributed by atoms with Crippen LogP contribution in [0.25, 0.3) is 0 Å². The van der Waals surface area contributed by atoms with Crippen molar-refractivity contribution >= 4 is 0 Å². The molecular formula is C42H81NO. The Labute approximate surface area is 278 Å². The number of ether oxygens (including phenoxy) is 1. The number of nitrogens with zero attached hydrogens (tertiary/aromatic N) is 1. The van der Waals surface area contributed by atoms with Gasteiger partial charge in [-0.15, -0.1) is 0 Å². The molecule has 3 aliphatic rings. The standard InChI is InChI=1S/C42H81NO/c1-6-9-13-21-36-32-39(36)26-18-24-35(25-19-27-40-33-37(40)22-14-10-7-2)42(44-31-17-12-16-30-43(4)5)29-20-28-41-34-38(41)23-15-11-8-3/h35-42H,6-34H2,1-5H3. The smallest absolute Gasteiger partial charge is 0.0603 e. The second-order valence-electron chi connectivity index (χ2n) is 16.6. The normalized spacial score (nSPS) is 27.1. The molecule has 0 aliphatic heterocycles. The maximum Gasteiger partial charge on any atom is 0.0603 e. The number of hydrogen-bond donors (Lipinski definition) is 0. The van der Waals surface area contributed by atoms with E-state index in [1.807, 2.05) is 0 Å². The van der Waals surface area contributed by atoms with Gasteiger partial charge in [-0.2, -0.15) is 0 Å². The average molecular weight is 616 g/mol. The van der Waals surface area contributed by atoms with E-state index in [0.29, 0.717) is 6.10 Å². The number of rotatable bonds is 32. The van der Waals surface area contributed by atoms with Crippen LogP contribution in [0.2, 0.25) is 0 Å². The lowest BCUT2D eigenvalue weighted by molar-refractivity contribution is -0.00407. The molecule has 0 bridgehead atoms. The predicted molar refractivity (Wildman–Crippen MR) is 194 cm³/mol. The molecule has 3 fully saturated rings. The second-order valence-corrected chi connectivity index (χ2v) is 16.6. The molecule has 0 radical (unpaired) electrons. The summed E-state index contributed by atoms with van der Waals surface area (Å²) in [7, 11) is 4.41. The van der Waals surface area contributed by atoms with Crippen molar-refractivity contribution in [3.63, 3.8) is 0 Å². The van der Waals surface area contributed by atoms with E-state index < -0.39 is 0 Å². The van der Waals surface area contributed by atoms with E-state index in [9.17, 15) is 0 Å². The Morgan fingerprint density at radius 2 is 0.886 bits per heavy atom. The highest BCUT2D eigenvalue weighted by atomic mass is 16.5. The quantitative estimate of drug-likeness (QED) is 0.0698. The van der Waals surface area contributed by atoms with Gasteiger partial charge in [-0.3, -0.25) is 0 Å². The van der Waals surface area contributed by atoms with Gasteiger partial charge in [0, 0.05) is 6.61 Å². The van der Waals surface area contributed by atoms with E-state index in [4.69, 9.17) is 4.74 Å². The molecule has 0 aromatic carbocycles. The van der Waals surface area contributed by atoms with E-state index in [0.717, 1.165) is 48.0 Å². The van der Waals surface area contributed by atoms with Crippen LogP contribution in [-0.2, 0) is 4.74 Å². The first-order chi connectivity index (χ1) is 21.5. The zero-order chi connectivity index (χ0) is 31.4. The molecule has 2 heteroatoms. The molecule has 0 spiro atoms. The molecule has 260 valence electrons. The van der Waals surface area contributed by atoms with Crippen LogP contribution in [0.5, 0.6) is 0 Å². The molecule has 3 aliphatic carbocycles. The van der Waals surface area contributed by atoms with Gasteiger partial charge in [0.1, 0.15) is 0 Å². The number of unbranched alkanes of at least 4 members (excludes halogenated alkanes) is 8. The molecule has 0 amide bonds. The summed E-state index contributed by atoms with van der Waals surface area (Å²) in [5, 5.41) is 0. The fraction of sp³-hybridized carbons (Fsp3) is 1.00. The van der Waals surface area contributed by atoms with Crippen LogP contribution in [0, 0.1) is 41.4 Å².